The predicted octanol–water partition coefficient (Wildman–Crippen LogP) is 3.67. The van der Waals surface area contributed by atoms with Crippen molar-refractivity contribution in [1.82, 2.24) is 9.88 Å². The Morgan fingerprint density at radius 2 is 1.68 bits per heavy atom. The van der Waals surface area contributed by atoms with Crippen LogP contribution in [0, 0.1) is 5.82 Å². The fourth-order valence-corrected chi connectivity index (χ4v) is 3.27. The Balaban J connectivity index is 1.50. The number of nitrogens with zero attached hydrogens (tertiary/aromatic N) is 2. The third-order valence-corrected chi connectivity index (χ3v) is 4.70. The highest BCUT2D eigenvalue weighted by molar-refractivity contribution is 6.03. The van der Waals surface area contributed by atoms with E-state index in [0.717, 1.165) is 12.0 Å². The van der Waals surface area contributed by atoms with Gasteiger partial charge in [0.25, 0.3) is 11.8 Å². The SMILES string of the molecule is O=C(Nc1cccc(F)c1)c1cccc(C(=O)N2CCc3ccccc3C2)n1. The van der Waals surface area contributed by atoms with Gasteiger partial charge in [0.15, 0.2) is 0 Å². The number of benzene rings is 2. The summed E-state index contributed by atoms with van der Waals surface area (Å²) in [5, 5.41) is 2.59. The average Bonchev–Trinajstić information content (AvgIpc) is 2.73. The molecule has 5 nitrogen and oxygen atoms in total. The van der Waals surface area contributed by atoms with Crippen LogP contribution in [-0.2, 0) is 13.0 Å². The van der Waals surface area contributed by atoms with Crippen molar-refractivity contribution in [1.29, 1.82) is 0 Å². The molecule has 6 heteroatoms. The van der Waals surface area contributed by atoms with E-state index in [-0.39, 0.29) is 17.3 Å². The van der Waals surface area contributed by atoms with Crippen molar-refractivity contribution in [3.8, 4) is 0 Å². The Morgan fingerprint density at radius 3 is 2.50 bits per heavy atom. The summed E-state index contributed by atoms with van der Waals surface area (Å²) in [7, 11) is 0. The molecule has 1 N–H and O–H groups in total. The third kappa shape index (κ3) is 3.76. The zero-order valence-electron chi connectivity index (χ0n) is 15.1. The Morgan fingerprint density at radius 1 is 0.929 bits per heavy atom. The van der Waals surface area contributed by atoms with Gasteiger partial charge in [0.05, 0.1) is 0 Å². The summed E-state index contributed by atoms with van der Waals surface area (Å²) >= 11 is 0. The van der Waals surface area contributed by atoms with Crippen LogP contribution in [0.4, 0.5) is 10.1 Å². The molecular weight excluding hydrogens is 357 g/mol. The molecule has 2 aromatic carbocycles. The predicted molar refractivity (Wildman–Crippen MR) is 103 cm³/mol. The van der Waals surface area contributed by atoms with Gasteiger partial charge in [-0.25, -0.2) is 9.37 Å². The topological polar surface area (TPSA) is 62.3 Å². The fraction of sp³-hybridized carbons (Fsp3) is 0.136. The molecule has 140 valence electrons. The monoisotopic (exact) mass is 375 g/mol. The van der Waals surface area contributed by atoms with E-state index < -0.39 is 11.7 Å². The van der Waals surface area contributed by atoms with Gasteiger partial charge >= 0.3 is 0 Å². The van der Waals surface area contributed by atoms with Gasteiger partial charge in [-0.05, 0) is 47.9 Å². The Hall–Kier alpha value is -3.54. The van der Waals surface area contributed by atoms with E-state index in [0.29, 0.717) is 18.8 Å². The number of fused-ring (bicyclic) bond motifs is 1. The molecular formula is C22H18FN3O2. The third-order valence-electron chi connectivity index (χ3n) is 4.70. The van der Waals surface area contributed by atoms with E-state index >= 15 is 0 Å². The number of halogens is 1. The number of hydrogen-bond acceptors (Lipinski definition) is 3. The van der Waals surface area contributed by atoms with Gasteiger partial charge < -0.3 is 10.2 Å². The molecule has 2 heterocycles. The molecule has 28 heavy (non-hydrogen) atoms. The number of anilines is 1. The summed E-state index contributed by atoms with van der Waals surface area (Å²) in [6.07, 6.45) is 0.793. The summed E-state index contributed by atoms with van der Waals surface area (Å²) in [5.41, 5.74) is 3.03. The molecule has 3 aromatic rings. The molecule has 1 aliphatic rings. The normalized spacial score (nSPS) is 13.0. The largest absolute Gasteiger partial charge is 0.333 e. The van der Waals surface area contributed by atoms with Gasteiger partial charge in [-0.3, -0.25) is 9.59 Å². The fourth-order valence-electron chi connectivity index (χ4n) is 3.27. The van der Waals surface area contributed by atoms with Crippen LogP contribution >= 0.6 is 0 Å². The summed E-state index contributed by atoms with van der Waals surface area (Å²) in [4.78, 5) is 31.2. The van der Waals surface area contributed by atoms with Crippen molar-refractivity contribution < 1.29 is 14.0 Å². The van der Waals surface area contributed by atoms with Crippen LogP contribution in [0.1, 0.15) is 32.1 Å². The lowest BCUT2D eigenvalue weighted by molar-refractivity contribution is 0.0728. The van der Waals surface area contributed by atoms with Crippen molar-refractivity contribution in [3.63, 3.8) is 0 Å². The summed E-state index contributed by atoms with van der Waals surface area (Å²) < 4.78 is 13.3. The standard InChI is InChI=1S/C22H18FN3O2/c23-17-7-3-8-18(13-17)24-21(27)19-9-4-10-20(25-19)22(28)26-12-11-15-5-1-2-6-16(15)14-26/h1-10,13H,11-12,14H2,(H,24,27). The molecule has 0 aliphatic carbocycles. The van der Waals surface area contributed by atoms with Crippen molar-refractivity contribution in [3.05, 3.63) is 95.1 Å². The zero-order valence-corrected chi connectivity index (χ0v) is 15.1. The molecule has 0 spiro atoms. The Bertz CT molecular complexity index is 1050. The van der Waals surface area contributed by atoms with Crippen LogP contribution in [0.25, 0.3) is 0 Å². The maximum absolute atomic E-state index is 13.3. The van der Waals surface area contributed by atoms with Gasteiger partial charge in [0.1, 0.15) is 17.2 Å². The number of nitrogens with one attached hydrogen (secondary N) is 1. The van der Waals surface area contributed by atoms with E-state index in [1.807, 2.05) is 18.2 Å². The second-order valence-electron chi connectivity index (χ2n) is 6.62. The van der Waals surface area contributed by atoms with Gasteiger partial charge in [-0.1, -0.05) is 36.4 Å². The number of carbonyl (C=O) groups excluding carboxylic acids is 2. The quantitative estimate of drug-likeness (QED) is 0.760. The maximum Gasteiger partial charge on any atom is 0.274 e. The molecule has 0 unspecified atom stereocenters. The maximum atomic E-state index is 13.3. The van der Waals surface area contributed by atoms with E-state index in [2.05, 4.69) is 16.4 Å². The highest BCUT2D eigenvalue weighted by Gasteiger charge is 2.23. The lowest BCUT2D eigenvalue weighted by Crippen LogP contribution is -2.36. The first-order valence-electron chi connectivity index (χ1n) is 9.00. The van der Waals surface area contributed by atoms with Crippen LogP contribution in [-0.4, -0.2) is 28.2 Å². The number of rotatable bonds is 3. The number of amides is 2. The first kappa shape index (κ1) is 17.9. The van der Waals surface area contributed by atoms with Crippen LogP contribution in [0.15, 0.2) is 66.7 Å². The molecule has 1 aliphatic heterocycles. The molecule has 0 saturated heterocycles. The van der Waals surface area contributed by atoms with Gasteiger partial charge in [0, 0.05) is 18.8 Å². The highest BCUT2D eigenvalue weighted by Crippen LogP contribution is 2.20. The second-order valence-corrected chi connectivity index (χ2v) is 6.62. The first-order chi connectivity index (χ1) is 13.6. The minimum absolute atomic E-state index is 0.104. The van der Waals surface area contributed by atoms with E-state index in [1.54, 1.807) is 23.1 Å². The van der Waals surface area contributed by atoms with Crippen molar-refractivity contribution in [2.24, 2.45) is 0 Å². The van der Waals surface area contributed by atoms with Crippen molar-refractivity contribution >= 4 is 17.5 Å². The first-order valence-corrected chi connectivity index (χ1v) is 9.00. The number of aromatic nitrogens is 1. The highest BCUT2D eigenvalue weighted by atomic mass is 19.1. The van der Waals surface area contributed by atoms with Gasteiger partial charge in [-0.2, -0.15) is 0 Å². The van der Waals surface area contributed by atoms with E-state index in [4.69, 9.17) is 0 Å². The molecule has 4 rings (SSSR count). The van der Waals surface area contributed by atoms with Crippen LogP contribution in [0.3, 0.4) is 0 Å². The minimum Gasteiger partial charge on any atom is -0.333 e. The van der Waals surface area contributed by atoms with E-state index in [9.17, 15) is 14.0 Å². The van der Waals surface area contributed by atoms with Gasteiger partial charge in [0.2, 0.25) is 0 Å². The molecule has 0 fully saturated rings. The molecule has 0 atom stereocenters. The molecule has 0 saturated carbocycles. The summed E-state index contributed by atoms with van der Waals surface area (Å²) in [6.45, 7) is 1.13. The lowest BCUT2D eigenvalue weighted by Gasteiger charge is -2.28. The van der Waals surface area contributed by atoms with Gasteiger partial charge in [-0.15, -0.1) is 0 Å². The van der Waals surface area contributed by atoms with Crippen LogP contribution in [0.2, 0.25) is 0 Å². The molecule has 1 aromatic heterocycles. The zero-order chi connectivity index (χ0) is 19.5. The smallest absolute Gasteiger partial charge is 0.274 e. The number of hydrogen-bond donors (Lipinski definition) is 1. The number of pyridine rings is 1. The summed E-state index contributed by atoms with van der Waals surface area (Å²) in [6, 6.07) is 18.4. The Labute approximate surface area is 161 Å². The average molecular weight is 375 g/mol. The second kappa shape index (κ2) is 7.60. The molecule has 2 amide bonds. The lowest BCUT2D eigenvalue weighted by atomic mass is 10.00. The summed E-state index contributed by atoms with van der Waals surface area (Å²) in [5.74, 6) is -1.15. The molecule has 0 radical (unpaired) electrons. The van der Waals surface area contributed by atoms with E-state index in [1.165, 1.54) is 29.8 Å². The molecule has 0 bridgehead atoms. The van der Waals surface area contributed by atoms with Crippen molar-refractivity contribution in [2.45, 2.75) is 13.0 Å². The Kier molecular flexibility index (Phi) is 4.85. The number of carbonyl (C=O) groups is 2. The van der Waals surface area contributed by atoms with Crippen molar-refractivity contribution in [2.75, 3.05) is 11.9 Å². The minimum atomic E-state index is -0.496. The van der Waals surface area contributed by atoms with Crippen LogP contribution in [0.5, 0.6) is 0 Å². The van der Waals surface area contributed by atoms with Crippen LogP contribution < -0.4 is 5.32 Å².